The number of amides is 1. The summed E-state index contributed by atoms with van der Waals surface area (Å²) in [5, 5.41) is 13.9. The molecule has 0 aromatic heterocycles. The molecule has 0 spiro atoms. The quantitative estimate of drug-likeness (QED) is 0.579. The molecule has 0 heterocycles. The average molecular weight is 460 g/mol. The van der Waals surface area contributed by atoms with E-state index < -0.39 is 0 Å². The number of carbonyl (C=O) groups excluding carboxylic acids is 1. The van der Waals surface area contributed by atoms with Gasteiger partial charge < -0.3 is 10.1 Å². The van der Waals surface area contributed by atoms with Gasteiger partial charge in [-0.3, -0.25) is 4.79 Å². The highest BCUT2D eigenvalue weighted by Gasteiger charge is 2.12. The Kier molecular flexibility index (Phi) is 5.37. The molecular formula is C19H12Br2N2O2. The number of rotatable bonds is 4. The first-order valence-electron chi connectivity index (χ1n) is 7.37. The molecule has 25 heavy (non-hydrogen) atoms. The highest BCUT2D eigenvalue weighted by atomic mass is 79.9. The van der Waals surface area contributed by atoms with E-state index in [2.05, 4.69) is 43.2 Å². The summed E-state index contributed by atoms with van der Waals surface area (Å²) in [6.07, 6.45) is 0. The van der Waals surface area contributed by atoms with Crippen molar-refractivity contribution < 1.29 is 9.53 Å². The molecule has 124 valence electrons. The van der Waals surface area contributed by atoms with Gasteiger partial charge in [0.05, 0.1) is 17.3 Å². The molecule has 0 bridgehead atoms. The normalized spacial score (nSPS) is 10.3. The molecule has 3 rings (SSSR count). The summed E-state index contributed by atoms with van der Waals surface area (Å²) in [6, 6.07) is 19.0. The van der Waals surface area contributed by atoms with E-state index in [1.807, 2.05) is 42.5 Å². The number of halogens is 2. The monoisotopic (exact) mass is 458 g/mol. The van der Waals surface area contributed by atoms with Gasteiger partial charge in [-0.2, -0.15) is 5.26 Å². The Morgan fingerprint density at radius 3 is 2.40 bits per heavy atom. The third-order valence-electron chi connectivity index (χ3n) is 3.53. The molecule has 3 aromatic rings. The summed E-state index contributed by atoms with van der Waals surface area (Å²) >= 11 is 6.71. The van der Waals surface area contributed by atoms with Crippen molar-refractivity contribution in [3.8, 4) is 11.8 Å². The molecule has 3 aromatic carbocycles. The van der Waals surface area contributed by atoms with E-state index in [0.29, 0.717) is 25.9 Å². The third kappa shape index (κ3) is 4.19. The molecule has 0 atom stereocenters. The summed E-state index contributed by atoms with van der Waals surface area (Å²) in [5.41, 5.74) is 1.05. The molecule has 0 saturated heterocycles. The van der Waals surface area contributed by atoms with E-state index >= 15 is 0 Å². The van der Waals surface area contributed by atoms with Crippen LogP contribution < -0.4 is 10.1 Å². The van der Waals surface area contributed by atoms with Crippen molar-refractivity contribution in [2.75, 3.05) is 11.9 Å². The lowest BCUT2D eigenvalue weighted by atomic mass is 10.1. The molecule has 0 unspecified atom stereocenters. The van der Waals surface area contributed by atoms with Crippen LogP contribution in [0.3, 0.4) is 0 Å². The first-order valence-corrected chi connectivity index (χ1v) is 8.96. The van der Waals surface area contributed by atoms with Crippen LogP contribution in [-0.2, 0) is 4.79 Å². The molecular weight excluding hydrogens is 448 g/mol. The van der Waals surface area contributed by atoms with Crippen LogP contribution in [0, 0.1) is 11.3 Å². The molecule has 1 amide bonds. The number of nitrogens with one attached hydrogen (secondary N) is 1. The minimum absolute atomic E-state index is 0.114. The van der Waals surface area contributed by atoms with Gasteiger partial charge in [0, 0.05) is 8.95 Å². The zero-order chi connectivity index (χ0) is 17.8. The molecule has 0 aliphatic carbocycles. The average Bonchev–Trinajstić information content (AvgIpc) is 2.62. The van der Waals surface area contributed by atoms with E-state index in [-0.39, 0.29) is 12.5 Å². The van der Waals surface area contributed by atoms with Crippen LogP contribution in [0.15, 0.2) is 63.5 Å². The van der Waals surface area contributed by atoms with Crippen molar-refractivity contribution in [3.05, 3.63) is 69.1 Å². The van der Waals surface area contributed by atoms with Crippen LogP contribution in [0.5, 0.6) is 5.75 Å². The number of nitriles is 1. The zero-order valence-electron chi connectivity index (χ0n) is 12.9. The standard InChI is InChI=1S/C19H12Br2N2O2/c20-16-7-12(10-22)8-17(21)19(16)23-18(24)11-25-15-6-5-13-3-1-2-4-14(13)9-15/h1-9H,11H2,(H,23,24). The SMILES string of the molecule is N#Cc1cc(Br)c(NC(=O)COc2ccc3ccccc3c2)c(Br)c1. The summed E-state index contributed by atoms with van der Waals surface area (Å²) in [4.78, 5) is 12.2. The van der Waals surface area contributed by atoms with Crippen LogP contribution in [0.25, 0.3) is 10.8 Å². The summed E-state index contributed by atoms with van der Waals surface area (Å²) in [5.74, 6) is 0.339. The lowest BCUT2D eigenvalue weighted by Gasteiger charge is -2.11. The van der Waals surface area contributed by atoms with Crippen LogP contribution in [0.1, 0.15) is 5.56 Å². The minimum Gasteiger partial charge on any atom is -0.484 e. The van der Waals surface area contributed by atoms with Gasteiger partial charge in [0.1, 0.15) is 5.75 Å². The number of ether oxygens (including phenoxy) is 1. The molecule has 0 aliphatic rings. The first-order chi connectivity index (χ1) is 12.1. The second-order valence-corrected chi connectivity index (χ2v) is 6.98. The lowest BCUT2D eigenvalue weighted by Crippen LogP contribution is -2.20. The van der Waals surface area contributed by atoms with Gasteiger partial charge in [0.25, 0.3) is 5.91 Å². The molecule has 4 nitrogen and oxygen atoms in total. The number of fused-ring (bicyclic) bond motifs is 1. The molecule has 0 fully saturated rings. The van der Waals surface area contributed by atoms with E-state index in [0.717, 1.165) is 10.8 Å². The fourth-order valence-corrected chi connectivity index (χ4v) is 3.72. The van der Waals surface area contributed by atoms with Gasteiger partial charge in [-0.15, -0.1) is 0 Å². The van der Waals surface area contributed by atoms with Crippen molar-refractivity contribution in [2.45, 2.75) is 0 Å². The summed E-state index contributed by atoms with van der Waals surface area (Å²) < 4.78 is 6.82. The second-order valence-electron chi connectivity index (χ2n) is 5.27. The van der Waals surface area contributed by atoms with Crippen LogP contribution in [0.4, 0.5) is 5.69 Å². The highest BCUT2D eigenvalue weighted by molar-refractivity contribution is 9.11. The van der Waals surface area contributed by atoms with Gasteiger partial charge in [-0.1, -0.05) is 30.3 Å². The molecule has 0 saturated carbocycles. The van der Waals surface area contributed by atoms with Crippen molar-refractivity contribution in [2.24, 2.45) is 0 Å². The largest absolute Gasteiger partial charge is 0.484 e. The van der Waals surface area contributed by atoms with E-state index in [1.54, 1.807) is 12.1 Å². The van der Waals surface area contributed by atoms with Gasteiger partial charge in [0.15, 0.2) is 6.61 Å². The fourth-order valence-electron chi connectivity index (χ4n) is 2.34. The number of benzene rings is 3. The number of nitrogens with zero attached hydrogens (tertiary/aromatic N) is 1. The van der Waals surface area contributed by atoms with Gasteiger partial charge >= 0.3 is 0 Å². The van der Waals surface area contributed by atoms with Gasteiger partial charge in [-0.25, -0.2) is 0 Å². The maximum atomic E-state index is 12.2. The predicted molar refractivity (Wildman–Crippen MR) is 105 cm³/mol. The van der Waals surface area contributed by atoms with Crippen molar-refractivity contribution in [3.63, 3.8) is 0 Å². The fraction of sp³-hybridized carbons (Fsp3) is 0.0526. The topological polar surface area (TPSA) is 62.1 Å². The van der Waals surface area contributed by atoms with Crippen LogP contribution in [0.2, 0.25) is 0 Å². The van der Waals surface area contributed by atoms with E-state index in [1.165, 1.54) is 0 Å². The number of carbonyl (C=O) groups is 1. The number of hydrogen-bond donors (Lipinski definition) is 1. The Balaban J connectivity index is 1.67. The number of anilines is 1. The second kappa shape index (κ2) is 7.68. The maximum absolute atomic E-state index is 12.2. The lowest BCUT2D eigenvalue weighted by molar-refractivity contribution is -0.118. The van der Waals surface area contributed by atoms with Crippen LogP contribution >= 0.6 is 31.9 Å². The molecule has 6 heteroatoms. The molecule has 0 aliphatic heterocycles. The zero-order valence-corrected chi connectivity index (χ0v) is 16.1. The number of hydrogen-bond acceptors (Lipinski definition) is 3. The Labute approximate surface area is 161 Å². The molecule has 1 N–H and O–H groups in total. The molecule has 0 radical (unpaired) electrons. The predicted octanol–water partition coefficient (Wildman–Crippen LogP) is 5.25. The third-order valence-corrected chi connectivity index (χ3v) is 4.78. The van der Waals surface area contributed by atoms with E-state index in [9.17, 15) is 4.79 Å². The van der Waals surface area contributed by atoms with Gasteiger partial charge in [-0.05, 0) is 66.9 Å². The Bertz CT molecular complexity index is 973. The maximum Gasteiger partial charge on any atom is 0.262 e. The Hall–Kier alpha value is -2.36. The van der Waals surface area contributed by atoms with Crippen molar-refractivity contribution in [1.82, 2.24) is 0 Å². The van der Waals surface area contributed by atoms with Crippen LogP contribution in [-0.4, -0.2) is 12.5 Å². The Morgan fingerprint density at radius 2 is 1.72 bits per heavy atom. The highest BCUT2D eigenvalue weighted by Crippen LogP contribution is 2.32. The first kappa shape index (κ1) is 17.5. The van der Waals surface area contributed by atoms with Crippen molar-refractivity contribution in [1.29, 1.82) is 5.26 Å². The summed E-state index contributed by atoms with van der Waals surface area (Å²) in [7, 11) is 0. The van der Waals surface area contributed by atoms with E-state index in [4.69, 9.17) is 10.00 Å². The smallest absolute Gasteiger partial charge is 0.262 e. The van der Waals surface area contributed by atoms with Crippen molar-refractivity contribution >= 4 is 54.2 Å². The van der Waals surface area contributed by atoms with Gasteiger partial charge in [0.2, 0.25) is 0 Å². The minimum atomic E-state index is -0.292. The Morgan fingerprint density at radius 1 is 1.04 bits per heavy atom. The summed E-state index contributed by atoms with van der Waals surface area (Å²) in [6.45, 7) is -0.114.